The average molecular weight is 322 g/mol. The number of alkyl halides is 3. The van der Waals surface area contributed by atoms with Crippen LogP contribution in [0.4, 0.5) is 28.9 Å². The number of likely N-dealkylation sites (N-methyl/N-ethyl adjacent to an activating group) is 1. The summed E-state index contributed by atoms with van der Waals surface area (Å²) in [6, 6.07) is 9.20. The van der Waals surface area contributed by atoms with Gasteiger partial charge in [0.25, 0.3) is 5.91 Å². The summed E-state index contributed by atoms with van der Waals surface area (Å²) in [5.74, 6) is -1.80. The highest BCUT2D eigenvalue weighted by atomic mass is 19.4. The van der Waals surface area contributed by atoms with Crippen LogP contribution in [0.5, 0.6) is 0 Å². The zero-order valence-electron chi connectivity index (χ0n) is 11.9. The molecular formula is C16H10F4N2O. The van der Waals surface area contributed by atoms with E-state index in [1.54, 1.807) is 31.3 Å². The van der Waals surface area contributed by atoms with Crippen LogP contribution < -0.4 is 4.90 Å². The van der Waals surface area contributed by atoms with Crippen molar-refractivity contribution >= 4 is 23.0 Å². The number of halogens is 4. The number of para-hydroxylation sites is 1. The van der Waals surface area contributed by atoms with Crippen molar-refractivity contribution in [2.45, 2.75) is 6.18 Å². The fourth-order valence-electron chi connectivity index (χ4n) is 2.39. The second-order valence-corrected chi connectivity index (χ2v) is 5.00. The molecular weight excluding hydrogens is 312 g/mol. The third-order valence-electron chi connectivity index (χ3n) is 3.52. The Bertz CT molecular complexity index is 827. The van der Waals surface area contributed by atoms with Gasteiger partial charge in [0.1, 0.15) is 11.5 Å². The molecule has 7 heteroatoms. The number of hydrogen-bond acceptors (Lipinski definition) is 2. The standard InChI is InChI=1S/C16H10F4N2O/c1-22-13-5-3-2-4-10(13)14(15(22)23)21-9-6-7-12(17)11(8-9)16(18,19)20/h2-8H,1H3. The lowest BCUT2D eigenvalue weighted by Crippen LogP contribution is -2.25. The van der Waals surface area contributed by atoms with Crippen molar-refractivity contribution in [2.24, 2.45) is 4.99 Å². The predicted molar refractivity (Wildman–Crippen MR) is 77.5 cm³/mol. The first kappa shape index (κ1) is 15.2. The molecule has 2 aromatic carbocycles. The number of fused-ring (bicyclic) bond motifs is 1. The highest BCUT2D eigenvalue weighted by Crippen LogP contribution is 2.35. The van der Waals surface area contributed by atoms with Gasteiger partial charge in [-0.2, -0.15) is 13.2 Å². The second kappa shape index (κ2) is 5.19. The number of carbonyl (C=O) groups is 1. The number of aliphatic imine (C=N–C) groups is 1. The number of rotatable bonds is 1. The molecule has 0 bridgehead atoms. The minimum absolute atomic E-state index is 0.0304. The molecule has 118 valence electrons. The van der Waals surface area contributed by atoms with E-state index in [0.717, 1.165) is 6.07 Å². The zero-order chi connectivity index (χ0) is 16.8. The van der Waals surface area contributed by atoms with Crippen LogP contribution in [0.3, 0.4) is 0 Å². The first-order chi connectivity index (χ1) is 10.8. The van der Waals surface area contributed by atoms with E-state index in [1.165, 1.54) is 4.90 Å². The predicted octanol–water partition coefficient (Wildman–Crippen LogP) is 3.94. The largest absolute Gasteiger partial charge is 0.419 e. The number of nitrogens with zero attached hydrogens (tertiary/aromatic N) is 2. The van der Waals surface area contributed by atoms with Gasteiger partial charge in [-0.25, -0.2) is 9.38 Å². The van der Waals surface area contributed by atoms with Crippen molar-refractivity contribution in [1.29, 1.82) is 0 Å². The summed E-state index contributed by atoms with van der Waals surface area (Å²) in [7, 11) is 1.55. The van der Waals surface area contributed by atoms with Crippen LogP contribution >= 0.6 is 0 Å². The zero-order valence-corrected chi connectivity index (χ0v) is 11.9. The number of benzene rings is 2. The van der Waals surface area contributed by atoms with E-state index in [-0.39, 0.29) is 11.4 Å². The summed E-state index contributed by atoms with van der Waals surface area (Å²) in [6.07, 6.45) is -4.82. The Morgan fingerprint density at radius 1 is 1.09 bits per heavy atom. The minimum atomic E-state index is -4.82. The number of hydrogen-bond donors (Lipinski definition) is 0. The fraction of sp³-hybridized carbons (Fsp3) is 0.125. The molecule has 1 heterocycles. The van der Waals surface area contributed by atoms with Crippen LogP contribution in [0.15, 0.2) is 47.5 Å². The molecule has 0 N–H and O–H groups in total. The van der Waals surface area contributed by atoms with Crippen LogP contribution in [0.1, 0.15) is 11.1 Å². The van der Waals surface area contributed by atoms with Gasteiger partial charge in [0.2, 0.25) is 0 Å². The molecule has 0 aromatic heterocycles. The normalized spacial score (nSPS) is 16.1. The van der Waals surface area contributed by atoms with E-state index in [9.17, 15) is 22.4 Å². The molecule has 1 amide bonds. The molecule has 3 nitrogen and oxygen atoms in total. The van der Waals surface area contributed by atoms with Crippen LogP contribution in [-0.2, 0) is 11.0 Å². The van der Waals surface area contributed by atoms with E-state index >= 15 is 0 Å². The molecule has 2 aromatic rings. The summed E-state index contributed by atoms with van der Waals surface area (Å²) in [6.45, 7) is 0. The smallest absolute Gasteiger partial charge is 0.309 e. The minimum Gasteiger partial charge on any atom is -0.309 e. The van der Waals surface area contributed by atoms with Crippen molar-refractivity contribution in [3.05, 3.63) is 59.4 Å². The Hall–Kier alpha value is -2.70. The Labute approximate surface area is 128 Å². The van der Waals surface area contributed by atoms with Gasteiger partial charge >= 0.3 is 6.18 Å². The summed E-state index contributed by atoms with van der Waals surface area (Å²) in [4.78, 5) is 17.6. The molecule has 1 aliphatic rings. The van der Waals surface area contributed by atoms with E-state index in [0.29, 0.717) is 23.4 Å². The summed E-state index contributed by atoms with van der Waals surface area (Å²) in [5, 5.41) is 0. The van der Waals surface area contributed by atoms with E-state index in [2.05, 4.69) is 4.99 Å². The average Bonchev–Trinajstić information content (AvgIpc) is 2.73. The maximum Gasteiger partial charge on any atom is 0.419 e. The molecule has 0 fully saturated rings. The number of anilines is 1. The topological polar surface area (TPSA) is 32.7 Å². The van der Waals surface area contributed by atoms with Gasteiger partial charge in [-0.3, -0.25) is 4.79 Å². The lowest BCUT2D eigenvalue weighted by molar-refractivity contribution is -0.139. The quantitative estimate of drug-likeness (QED) is 0.732. The van der Waals surface area contributed by atoms with Gasteiger partial charge in [0.05, 0.1) is 16.9 Å². The lowest BCUT2D eigenvalue weighted by atomic mass is 10.1. The van der Waals surface area contributed by atoms with E-state index < -0.39 is 23.5 Å². The number of carbonyl (C=O) groups excluding carboxylic acids is 1. The molecule has 3 rings (SSSR count). The Balaban J connectivity index is 2.11. The highest BCUT2D eigenvalue weighted by molar-refractivity contribution is 6.54. The third kappa shape index (κ3) is 2.58. The highest BCUT2D eigenvalue weighted by Gasteiger charge is 2.35. The van der Waals surface area contributed by atoms with Gasteiger partial charge in [-0.1, -0.05) is 18.2 Å². The molecule has 0 radical (unpaired) electrons. The molecule has 23 heavy (non-hydrogen) atoms. The monoisotopic (exact) mass is 322 g/mol. The number of amides is 1. The first-order valence-electron chi connectivity index (χ1n) is 6.62. The van der Waals surface area contributed by atoms with Crippen LogP contribution in [0, 0.1) is 5.82 Å². The molecule has 0 atom stereocenters. The SMILES string of the molecule is CN1C(=O)C(=Nc2ccc(F)c(C(F)(F)F)c2)c2ccccc21. The maximum atomic E-state index is 13.3. The third-order valence-corrected chi connectivity index (χ3v) is 3.52. The second-order valence-electron chi connectivity index (χ2n) is 5.00. The van der Waals surface area contributed by atoms with Gasteiger partial charge < -0.3 is 4.90 Å². The van der Waals surface area contributed by atoms with Crippen molar-refractivity contribution in [1.82, 2.24) is 0 Å². The lowest BCUT2D eigenvalue weighted by Gasteiger charge is -2.09. The Morgan fingerprint density at radius 3 is 2.48 bits per heavy atom. The van der Waals surface area contributed by atoms with Crippen LogP contribution in [0.25, 0.3) is 0 Å². The molecule has 0 saturated carbocycles. The summed E-state index contributed by atoms with van der Waals surface area (Å²) >= 11 is 0. The van der Waals surface area contributed by atoms with E-state index in [1.807, 2.05) is 0 Å². The summed E-state index contributed by atoms with van der Waals surface area (Å²) < 4.78 is 51.6. The molecule has 1 aliphatic heterocycles. The van der Waals surface area contributed by atoms with Gasteiger partial charge in [0.15, 0.2) is 0 Å². The Morgan fingerprint density at radius 2 is 1.78 bits per heavy atom. The molecule has 0 spiro atoms. The Kier molecular flexibility index (Phi) is 3.43. The molecule has 0 saturated heterocycles. The van der Waals surface area contributed by atoms with Crippen molar-refractivity contribution < 1.29 is 22.4 Å². The summed E-state index contributed by atoms with van der Waals surface area (Å²) in [5.41, 5.74) is -0.367. The van der Waals surface area contributed by atoms with Crippen molar-refractivity contribution in [2.75, 3.05) is 11.9 Å². The van der Waals surface area contributed by atoms with Crippen LogP contribution in [-0.4, -0.2) is 18.7 Å². The molecule has 0 aliphatic carbocycles. The van der Waals surface area contributed by atoms with Crippen molar-refractivity contribution in [3.63, 3.8) is 0 Å². The van der Waals surface area contributed by atoms with Gasteiger partial charge in [-0.15, -0.1) is 0 Å². The van der Waals surface area contributed by atoms with E-state index in [4.69, 9.17) is 0 Å². The van der Waals surface area contributed by atoms with Crippen molar-refractivity contribution in [3.8, 4) is 0 Å². The van der Waals surface area contributed by atoms with Gasteiger partial charge in [0, 0.05) is 12.6 Å². The first-order valence-corrected chi connectivity index (χ1v) is 6.62. The molecule has 0 unspecified atom stereocenters. The van der Waals surface area contributed by atoms with Crippen LogP contribution in [0.2, 0.25) is 0 Å². The maximum absolute atomic E-state index is 13.3. The fourth-order valence-corrected chi connectivity index (χ4v) is 2.39. The van der Waals surface area contributed by atoms with Gasteiger partial charge in [-0.05, 0) is 24.3 Å².